The molecule has 30 heavy (non-hydrogen) atoms. The van der Waals surface area contributed by atoms with Gasteiger partial charge in [0.2, 0.25) is 5.91 Å². The third kappa shape index (κ3) is 3.99. The molecule has 6 heteroatoms. The summed E-state index contributed by atoms with van der Waals surface area (Å²) in [5.74, 6) is 0.154. The molecule has 2 aromatic rings. The maximum absolute atomic E-state index is 13.3. The lowest BCUT2D eigenvalue weighted by molar-refractivity contribution is -0.134. The standard InChI is InChI=1S/C24H26ClN3O2/c1-16-10-12-24(13-11-16)27-22(18-6-4-3-5-7-18)23(30)28(24)15-21(29)26-20-9-8-17(2)14-19(20)25/h3-9,14,16H,10-13,15H2,1-2H3,(H,26,29). The highest BCUT2D eigenvalue weighted by Gasteiger charge is 2.49. The zero-order valence-corrected chi connectivity index (χ0v) is 18.1. The third-order valence-corrected chi connectivity index (χ3v) is 6.41. The normalized spacial score (nSPS) is 23.6. The first-order chi connectivity index (χ1) is 14.4. The van der Waals surface area contributed by atoms with Crippen LogP contribution in [0.1, 0.15) is 43.7 Å². The van der Waals surface area contributed by atoms with E-state index >= 15 is 0 Å². The van der Waals surface area contributed by atoms with E-state index in [1.54, 1.807) is 17.0 Å². The molecule has 0 unspecified atom stereocenters. The maximum Gasteiger partial charge on any atom is 0.275 e. The van der Waals surface area contributed by atoms with Crippen LogP contribution in [-0.2, 0) is 9.59 Å². The van der Waals surface area contributed by atoms with Gasteiger partial charge in [-0.1, -0.05) is 54.9 Å². The van der Waals surface area contributed by atoms with Crippen molar-refractivity contribution in [3.05, 3.63) is 64.7 Å². The molecule has 0 radical (unpaired) electrons. The number of nitrogens with one attached hydrogen (secondary N) is 1. The van der Waals surface area contributed by atoms with Crippen LogP contribution in [0.3, 0.4) is 0 Å². The molecular formula is C24H26ClN3O2. The fourth-order valence-electron chi connectivity index (χ4n) is 4.30. The van der Waals surface area contributed by atoms with Gasteiger partial charge in [-0.25, -0.2) is 0 Å². The molecule has 0 atom stereocenters. The zero-order chi connectivity index (χ0) is 21.3. The van der Waals surface area contributed by atoms with Gasteiger partial charge in [0.15, 0.2) is 0 Å². The molecule has 156 valence electrons. The van der Waals surface area contributed by atoms with E-state index < -0.39 is 5.66 Å². The Morgan fingerprint density at radius 3 is 2.57 bits per heavy atom. The van der Waals surface area contributed by atoms with Crippen LogP contribution in [0, 0.1) is 12.8 Å². The van der Waals surface area contributed by atoms with Crippen LogP contribution < -0.4 is 5.32 Å². The van der Waals surface area contributed by atoms with Crippen molar-refractivity contribution in [1.29, 1.82) is 0 Å². The molecule has 2 amide bonds. The lowest BCUT2D eigenvalue weighted by Crippen LogP contribution is -2.51. The monoisotopic (exact) mass is 423 g/mol. The van der Waals surface area contributed by atoms with Gasteiger partial charge in [0, 0.05) is 5.56 Å². The number of hydrogen-bond donors (Lipinski definition) is 1. The molecule has 5 nitrogen and oxygen atoms in total. The van der Waals surface area contributed by atoms with E-state index in [0.29, 0.717) is 22.3 Å². The van der Waals surface area contributed by atoms with Crippen LogP contribution in [0.15, 0.2) is 53.5 Å². The number of anilines is 1. The molecule has 0 aromatic heterocycles. The van der Waals surface area contributed by atoms with Crippen molar-refractivity contribution in [1.82, 2.24) is 4.90 Å². The van der Waals surface area contributed by atoms with Crippen molar-refractivity contribution in [3.63, 3.8) is 0 Å². The number of aliphatic imine (C=N–C) groups is 1. The molecule has 1 saturated carbocycles. The van der Waals surface area contributed by atoms with Crippen molar-refractivity contribution in [3.8, 4) is 0 Å². The summed E-state index contributed by atoms with van der Waals surface area (Å²) in [6, 6.07) is 15.0. The van der Waals surface area contributed by atoms with Crippen LogP contribution >= 0.6 is 11.6 Å². The lowest BCUT2D eigenvalue weighted by atomic mass is 9.82. The minimum Gasteiger partial charge on any atom is -0.323 e. The molecule has 1 heterocycles. The van der Waals surface area contributed by atoms with Crippen molar-refractivity contribution in [2.24, 2.45) is 10.9 Å². The van der Waals surface area contributed by atoms with Gasteiger partial charge in [-0.05, 0) is 56.2 Å². The van der Waals surface area contributed by atoms with E-state index in [0.717, 1.165) is 36.8 Å². The summed E-state index contributed by atoms with van der Waals surface area (Å²) in [7, 11) is 0. The highest BCUT2D eigenvalue weighted by molar-refractivity contribution is 6.47. The number of carbonyl (C=O) groups excluding carboxylic acids is 2. The minimum absolute atomic E-state index is 0.0444. The third-order valence-electron chi connectivity index (χ3n) is 6.09. The predicted octanol–water partition coefficient (Wildman–Crippen LogP) is 4.82. The molecule has 0 bridgehead atoms. The maximum atomic E-state index is 13.3. The molecular weight excluding hydrogens is 398 g/mol. The fraction of sp³-hybridized carbons (Fsp3) is 0.375. The van der Waals surface area contributed by atoms with Gasteiger partial charge in [-0.15, -0.1) is 0 Å². The van der Waals surface area contributed by atoms with Gasteiger partial charge in [-0.3, -0.25) is 14.6 Å². The smallest absolute Gasteiger partial charge is 0.275 e. The largest absolute Gasteiger partial charge is 0.323 e. The van der Waals surface area contributed by atoms with Crippen molar-refractivity contribution in [2.45, 2.75) is 45.2 Å². The molecule has 4 rings (SSSR count). The first-order valence-corrected chi connectivity index (χ1v) is 10.8. The van der Waals surface area contributed by atoms with E-state index in [4.69, 9.17) is 16.6 Å². The molecule has 1 N–H and O–H groups in total. The number of amides is 2. The highest BCUT2D eigenvalue weighted by Crippen LogP contribution is 2.41. The summed E-state index contributed by atoms with van der Waals surface area (Å²) >= 11 is 6.26. The first kappa shape index (κ1) is 20.6. The Bertz CT molecular complexity index is 995. The Labute approximate surface area is 182 Å². The summed E-state index contributed by atoms with van der Waals surface area (Å²) in [5, 5.41) is 3.34. The molecule has 2 aromatic carbocycles. The first-order valence-electron chi connectivity index (χ1n) is 10.4. The minimum atomic E-state index is -0.636. The van der Waals surface area contributed by atoms with Crippen molar-refractivity contribution < 1.29 is 9.59 Å². The van der Waals surface area contributed by atoms with Gasteiger partial charge in [0.1, 0.15) is 17.9 Å². The average molecular weight is 424 g/mol. The summed E-state index contributed by atoms with van der Waals surface area (Å²) in [6.45, 7) is 4.12. The second kappa shape index (κ2) is 8.23. The SMILES string of the molecule is Cc1ccc(NC(=O)CN2C(=O)C(c3ccccc3)=NC23CCC(C)CC3)c(Cl)c1. The Balaban J connectivity index is 1.59. The van der Waals surface area contributed by atoms with Gasteiger partial charge in [0.05, 0.1) is 10.7 Å². The number of aryl methyl sites for hydroxylation is 1. The van der Waals surface area contributed by atoms with Crippen LogP contribution in [0.25, 0.3) is 0 Å². The van der Waals surface area contributed by atoms with E-state index in [1.807, 2.05) is 43.3 Å². The fourth-order valence-corrected chi connectivity index (χ4v) is 4.58. The molecule has 1 fully saturated rings. The molecule has 2 aliphatic rings. The lowest BCUT2D eigenvalue weighted by Gasteiger charge is -2.40. The topological polar surface area (TPSA) is 61.8 Å². The summed E-state index contributed by atoms with van der Waals surface area (Å²) < 4.78 is 0. The highest BCUT2D eigenvalue weighted by atomic mass is 35.5. The molecule has 1 aliphatic heterocycles. The Morgan fingerprint density at radius 1 is 1.20 bits per heavy atom. The molecule has 1 aliphatic carbocycles. The van der Waals surface area contributed by atoms with E-state index in [-0.39, 0.29) is 18.4 Å². The van der Waals surface area contributed by atoms with Crippen LogP contribution in [0.5, 0.6) is 0 Å². The Morgan fingerprint density at radius 2 is 1.90 bits per heavy atom. The predicted molar refractivity (Wildman–Crippen MR) is 120 cm³/mol. The van der Waals surface area contributed by atoms with Crippen LogP contribution in [0.2, 0.25) is 5.02 Å². The summed E-state index contributed by atoms with van der Waals surface area (Å²) in [6.07, 6.45) is 3.52. The number of nitrogens with zero attached hydrogens (tertiary/aromatic N) is 2. The van der Waals surface area contributed by atoms with Gasteiger partial charge in [-0.2, -0.15) is 0 Å². The second-order valence-electron chi connectivity index (χ2n) is 8.41. The van der Waals surface area contributed by atoms with E-state index in [9.17, 15) is 9.59 Å². The summed E-state index contributed by atoms with van der Waals surface area (Å²) in [4.78, 5) is 32.8. The van der Waals surface area contributed by atoms with Crippen LogP contribution in [0.4, 0.5) is 5.69 Å². The zero-order valence-electron chi connectivity index (χ0n) is 17.3. The summed E-state index contributed by atoms with van der Waals surface area (Å²) in [5.41, 5.74) is 2.18. The Hall–Kier alpha value is -2.66. The van der Waals surface area contributed by atoms with Gasteiger partial charge in [0.25, 0.3) is 5.91 Å². The Kier molecular flexibility index (Phi) is 5.65. The van der Waals surface area contributed by atoms with Crippen molar-refractivity contribution >= 4 is 34.8 Å². The number of carbonyl (C=O) groups is 2. The number of rotatable bonds is 4. The quantitative estimate of drug-likeness (QED) is 0.765. The van der Waals surface area contributed by atoms with Gasteiger partial charge >= 0.3 is 0 Å². The number of hydrogen-bond acceptors (Lipinski definition) is 3. The molecule has 1 spiro atoms. The molecule has 0 saturated heterocycles. The van der Waals surface area contributed by atoms with E-state index in [1.165, 1.54) is 0 Å². The van der Waals surface area contributed by atoms with Gasteiger partial charge < -0.3 is 10.2 Å². The number of halogens is 1. The second-order valence-corrected chi connectivity index (χ2v) is 8.82. The van der Waals surface area contributed by atoms with E-state index in [2.05, 4.69) is 12.2 Å². The van der Waals surface area contributed by atoms with Crippen molar-refractivity contribution in [2.75, 3.05) is 11.9 Å². The average Bonchev–Trinajstić information content (AvgIpc) is 2.99. The van der Waals surface area contributed by atoms with Crippen LogP contribution in [-0.4, -0.2) is 34.6 Å². The number of benzene rings is 2.